The number of amides is 1. The molecule has 4 heteroatoms. The molecular formula is C17H23NO3. The van der Waals surface area contributed by atoms with E-state index in [1.807, 2.05) is 30.9 Å². The second kappa shape index (κ2) is 6.20. The van der Waals surface area contributed by atoms with Crippen LogP contribution < -0.4 is 0 Å². The fraction of sp³-hybridized carbons (Fsp3) is 0.471. The van der Waals surface area contributed by atoms with Crippen LogP contribution >= 0.6 is 0 Å². The minimum absolute atomic E-state index is 0.00556. The summed E-state index contributed by atoms with van der Waals surface area (Å²) < 4.78 is 5.30. The first-order valence-electron chi connectivity index (χ1n) is 7.25. The number of phenolic OH excluding ortho intramolecular Hbond substituents is 1. The third-order valence-electron chi connectivity index (χ3n) is 4.14. The number of phenols is 1. The number of nitrogens with zero attached hydrogens (tertiary/aromatic N) is 1. The Morgan fingerprint density at radius 2 is 2.05 bits per heavy atom. The normalized spacial score (nSPS) is 21.6. The van der Waals surface area contributed by atoms with Crippen molar-refractivity contribution in [3.05, 3.63) is 42.2 Å². The number of likely N-dealkylation sites (tertiary alicyclic amines) is 1. The van der Waals surface area contributed by atoms with Crippen molar-refractivity contribution >= 4 is 5.91 Å². The van der Waals surface area contributed by atoms with Gasteiger partial charge in [0.25, 0.3) is 0 Å². The van der Waals surface area contributed by atoms with Gasteiger partial charge in [0, 0.05) is 30.8 Å². The lowest BCUT2D eigenvalue weighted by atomic mass is 9.87. The first-order valence-corrected chi connectivity index (χ1v) is 7.25. The molecule has 0 radical (unpaired) electrons. The molecular weight excluding hydrogens is 266 g/mol. The molecule has 4 nitrogen and oxygen atoms in total. The number of hydrogen-bond acceptors (Lipinski definition) is 3. The maximum atomic E-state index is 12.3. The molecule has 1 saturated heterocycles. The van der Waals surface area contributed by atoms with Crippen LogP contribution in [0.1, 0.15) is 25.3 Å². The zero-order valence-electron chi connectivity index (χ0n) is 12.9. The summed E-state index contributed by atoms with van der Waals surface area (Å²) >= 11 is 0. The number of carbonyl (C=O) groups excluding carboxylic acids is 1. The summed E-state index contributed by atoms with van der Waals surface area (Å²) in [5.41, 5.74) is 0.847. The van der Waals surface area contributed by atoms with Gasteiger partial charge in [-0.25, -0.2) is 0 Å². The third-order valence-corrected chi connectivity index (χ3v) is 4.14. The Kier molecular flexibility index (Phi) is 4.56. The zero-order chi connectivity index (χ0) is 15.6. The summed E-state index contributed by atoms with van der Waals surface area (Å²) in [5.74, 6) is 1.02. The van der Waals surface area contributed by atoms with Crippen LogP contribution in [-0.2, 0) is 9.53 Å². The molecule has 114 valence electrons. The Labute approximate surface area is 126 Å². The number of methoxy groups -OCH3 is 1. The molecule has 0 saturated carbocycles. The Morgan fingerprint density at radius 3 is 2.62 bits per heavy atom. The summed E-state index contributed by atoms with van der Waals surface area (Å²) in [7, 11) is 1.59. The molecule has 1 amide bonds. The highest BCUT2D eigenvalue weighted by atomic mass is 16.5. The topological polar surface area (TPSA) is 49.8 Å². The fourth-order valence-electron chi connectivity index (χ4n) is 2.94. The van der Waals surface area contributed by atoms with Crippen molar-refractivity contribution in [2.45, 2.75) is 19.8 Å². The molecule has 0 unspecified atom stereocenters. The average molecular weight is 289 g/mol. The number of ether oxygens (including phenoxy) is 1. The molecule has 0 spiro atoms. The molecule has 21 heavy (non-hydrogen) atoms. The van der Waals surface area contributed by atoms with Crippen LogP contribution in [-0.4, -0.2) is 36.1 Å². The maximum absolute atomic E-state index is 12.3. The summed E-state index contributed by atoms with van der Waals surface area (Å²) in [5, 5.41) is 10.1. The molecule has 1 fully saturated rings. The highest BCUT2D eigenvalue weighted by molar-refractivity contribution is 5.78. The number of benzene rings is 1. The predicted molar refractivity (Wildman–Crippen MR) is 81.9 cm³/mol. The number of carbonyl (C=O) groups is 1. The Morgan fingerprint density at radius 1 is 1.38 bits per heavy atom. The van der Waals surface area contributed by atoms with E-state index in [0.717, 1.165) is 5.56 Å². The van der Waals surface area contributed by atoms with E-state index in [0.29, 0.717) is 18.8 Å². The largest absolute Gasteiger partial charge is 0.508 e. The second-order valence-corrected chi connectivity index (χ2v) is 5.84. The van der Waals surface area contributed by atoms with Crippen molar-refractivity contribution in [2.75, 3.05) is 20.2 Å². The van der Waals surface area contributed by atoms with Gasteiger partial charge in [0.15, 0.2) is 0 Å². The van der Waals surface area contributed by atoms with Crippen LogP contribution in [0, 0.1) is 11.8 Å². The number of hydrogen-bond donors (Lipinski definition) is 1. The molecule has 0 aliphatic carbocycles. The van der Waals surface area contributed by atoms with E-state index in [9.17, 15) is 9.90 Å². The predicted octanol–water partition coefficient (Wildman–Crippen LogP) is 2.75. The van der Waals surface area contributed by atoms with Gasteiger partial charge in [-0.15, -0.1) is 0 Å². The molecule has 1 heterocycles. The van der Waals surface area contributed by atoms with Crippen molar-refractivity contribution in [2.24, 2.45) is 11.8 Å². The van der Waals surface area contributed by atoms with Gasteiger partial charge in [-0.1, -0.05) is 38.6 Å². The lowest BCUT2D eigenvalue weighted by Crippen LogP contribution is -2.32. The second-order valence-electron chi connectivity index (χ2n) is 5.84. The molecule has 1 aromatic rings. The van der Waals surface area contributed by atoms with Crippen LogP contribution in [0.15, 0.2) is 36.6 Å². The van der Waals surface area contributed by atoms with Crippen LogP contribution in [0.4, 0.5) is 0 Å². The molecule has 1 N–H and O–H groups in total. The highest BCUT2D eigenvalue weighted by Gasteiger charge is 2.39. The number of para-hydroxylation sites is 1. The molecule has 1 aromatic carbocycles. The smallest absolute Gasteiger partial charge is 0.225 e. The van der Waals surface area contributed by atoms with E-state index in [1.165, 1.54) is 0 Å². The van der Waals surface area contributed by atoms with E-state index < -0.39 is 0 Å². The summed E-state index contributed by atoms with van der Waals surface area (Å²) in [6.07, 6.45) is 0. The van der Waals surface area contributed by atoms with Crippen molar-refractivity contribution in [1.82, 2.24) is 4.90 Å². The first kappa shape index (κ1) is 15.4. The van der Waals surface area contributed by atoms with Gasteiger partial charge in [-0.3, -0.25) is 4.79 Å². The zero-order valence-corrected chi connectivity index (χ0v) is 12.9. The van der Waals surface area contributed by atoms with Crippen molar-refractivity contribution in [3.8, 4) is 5.75 Å². The average Bonchev–Trinajstić information content (AvgIpc) is 2.90. The Balaban J connectivity index is 2.31. The number of aromatic hydroxyl groups is 1. The van der Waals surface area contributed by atoms with Crippen LogP contribution in [0.3, 0.4) is 0 Å². The van der Waals surface area contributed by atoms with Gasteiger partial charge >= 0.3 is 0 Å². The minimum Gasteiger partial charge on any atom is -0.508 e. The molecule has 0 bridgehead atoms. The van der Waals surface area contributed by atoms with Crippen molar-refractivity contribution < 1.29 is 14.6 Å². The Hall–Kier alpha value is -1.97. The lowest BCUT2D eigenvalue weighted by Gasteiger charge is -2.20. The quantitative estimate of drug-likeness (QED) is 0.867. The monoisotopic (exact) mass is 289 g/mol. The van der Waals surface area contributed by atoms with E-state index >= 15 is 0 Å². The maximum Gasteiger partial charge on any atom is 0.225 e. The van der Waals surface area contributed by atoms with Crippen LogP contribution in [0.2, 0.25) is 0 Å². The minimum atomic E-state index is -0.0374. The number of rotatable bonds is 4. The van der Waals surface area contributed by atoms with E-state index in [1.54, 1.807) is 19.2 Å². The van der Waals surface area contributed by atoms with Gasteiger partial charge in [-0.05, 0) is 11.6 Å². The summed E-state index contributed by atoms with van der Waals surface area (Å²) in [4.78, 5) is 14.1. The van der Waals surface area contributed by atoms with Gasteiger partial charge in [0.05, 0.1) is 12.9 Å². The van der Waals surface area contributed by atoms with Crippen molar-refractivity contribution in [3.63, 3.8) is 0 Å². The van der Waals surface area contributed by atoms with Crippen molar-refractivity contribution in [1.29, 1.82) is 0 Å². The van der Waals surface area contributed by atoms with E-state index in [2.05, 4.69) is 6.58 Å². The summed E-state index contributed by atoms with van der Waals surface area (Å²) in [6, 6.07) is 7.27. The van der Waals surface area contributed by atoms with Gasteiger partial charge in [0.2, 0.25) is 5.91 Å². The molecule has 2 atom stereocenters. The van der Waals surface area contributed by atoms with Gasteiger partial charge in [-0.2, -0.15) is 0 Å². The molecule has 0 aromatic heterocycles. The highest BCUT2D eigenvalue weighted by Crippen LogP contribution is 2.40. The molecule has 1 aliphatic heterocycles. The lowest BCUT2D eigenvalue weighted by molar-refractivity contribution is -0.133. The van der Waals surface area contributed by atoms with Crippen LogP contribution in [0.5, 0.6) is 5.75 Å². The van der Waals surface area contributed by atoms with E-state index in [4.69, 9.17) is 4.74 Å². The third kappa shape index (κ3) is 3.04. The molecule has 1 aliphatic rings. The fourth-order valence-corrected chi connectivity index (χ4v) is 2.94. The van der Waals surface area contributed by atoms with Gasteiger partial charge < -0.3 is 14.7 Å². The summed E-state index contributed by atoms with van der Waals surface area (Å²) in [6.45, 7) is 8.93. The standard InChI is InChI=1S/C17H23NO3/c1-11(2)17(20)18-9-14(12(3)21-4)15(10-18)13-7-5-6-8-16(13)19/h5-8,11,14-15,19H,3,9-10H2,1-2,4H3/t14-,15+/m0/s1. The van der Waals surface area contributed by atoms with Crippen LogP contribution in [0.25, 0.3) is 0 Å². The SMILES string of the molecule is C=C(OC)[C@@H]1CN(C(=O)C(C)C)C[C@@H]1c1ccccc1O. The molecule has 2 rings (SSSR count). The van der Waals surface area contributed by atoms with E-state index in [-0.39, 0.29) is 29.4 Å². The Bertz CT molecular complexity index is 539. The first-order chi connectivity index (χ1) is 9.95. The van der Waals surface area contributed by atoms with Gasteiger partial charge in [0.1, 0.15) is 5.75 Å².